The zero-order valence-corrected chi connectivity index (χ0v) is 12.3. The molecule has 1 atom stereocenters. The SMILES string of the molecule is CN1CC(CCC(=O)Nc2ccc3c(c2)OCCO3)OC1=O. The van der Waals surface area contributed by atoms with Gasteiger partial charge < -0.3 is 24.4 Å². The Morgan fingerprint density at radius 2 is 2.09 bits per heavy atom. The van der Waals surface area contributed by atoms with Gasteiger partial charge in [-0.05, 0) is 18.6 Å². The van der Waals surface area contributed by atoms with Crippen LogP contribution in [0.15, 0.2) is 18.2 Å². The number of hydrogen-bond donors (Lipinski definition) is 1. The Labute approximate surface area is 128 Å². The molecule has 1 N–H and O–H groups in total. The fourth-order valence-electron chi connectivity index (χ4n) is 2.44. The summed E-state index contributed by atoms with van der Waals surface area (Å²) in [6.45, 7) is 1.56. The van der Waals surface area contributed by atoms with E-state index < -0.39 is 0 Å². The summed E-state index contributed by atoms with van der Waals surface area (Å²) in [5.74, 6) is 1.20. The van der Waals surface area contributed by atoms with Gasteiger partial charge >= 0.3 is 6.09 Å². The van der Waals surface area contributed by atoms with Crippen molar-refractivity contribution in [3.8, 4) is 11.5 Å². The van der Waals surface area contributed by atoms with Gasteiger partial charge in [0.2, 0.25) is 5.91 Å². The monoisotopic (exact) mass is 306 g/mol. The summed E-state index contributed by atoms with van der Waals surface area (Å²) < 4.78 is 16.0. The molecular weight excluding hydrogens is 288 g/mol. The third-order valence-electron chi connectivity index (χ3n) is 3.58. The van der Waals surface area contributed by atoms with Crippen LogP contribution in [-0.4, -0.2) is 49.8 Å². The highest BCUT2D eigenvalue weighted by Gasteiger charge is 2.28. The van der Waals surface area contributed by atoms with Gasteiger partial charge in [-0.3, -0.25) is 4.79 Å². The molecule has 1 fully saturated rings. The number of nitrogens with zero attached hydrogens (tertiary/aromatic N) is 1. The maximum atomic E-state index is 12.0. The van der Waals surface area contributed by atoms with Crippen LogP contribution in [0.1, 0.15) is 12.8 Å². The lowest BCUT2D eigenvalue weighted by Gasteiger charge is -2.19. The summed E-state index contributed by atoms with van der Waals surface area (Å²) in [6, 6.07) is 5.29. The van der Waals surface area contributed by atoms with E-state index in [2.05, 4.69) is 5.32 Å². The van der Waals surface area contributed by atoms with Crippen LogP contribution in [0.3, 0.4) is 0 Å². The average molecular weight is 306 g/mol. The van der Waals surface area contributed by atoms with Crippen LogP contribution in [0.5, 0.6) is 11.5 Å². The number of carbonyl (C=O) groups is 2. The lowest BCUT2D eigenvalue weighted by Crippen LogP contribution is -2.20. The number of benzene rings is 1. The molecule has 0 spiro atoms. The molecule has 7 nitrogen and oxygen atoms in total. The minimum Gasteiger partial charge on any atom is -0.486 e. The smallest absolute Gasteiger partial charge is 0.409 e. The third-order valence-corrected chi connectivity index (χ3v) is 3.58. The van der Waals surface area contributed by atoms with Crippen molar-refractivity contribution in [2.45, 2.75) is 18.9 Å². The van der Waals surface area contributed by atoms with Gasteiger partial charge in [0.25, 0.3) is 0 Å². The molecule has 2 aliphatic heterocycles. The number of ether oxygens (including phenoxy) is 3. The number of likely N-dealkylation sites (N-methyl/N-ethyl adjacent to an activating group) is 1. The molecule has 0 radical (unpaired) electrons. The highest BCUT2D eigenvalue weighted by molar-refractivity contribution is 5.91. The van der Waals surface area contributed by atoms with Crippen molar-refractivity contribution >= 4 is 17.7 Å². The Morgan fingerprint density at radius 3 is 2.82 bits per heavy atom. The molecule has 3 rings (SSSR count). The van der Waals surface area contributed by atoms with Crippen molar-refractivity contribution in [2.24, 2.45) is 0 Å². The topological polar surface area (TPSA) is 77.1 Å². The molecule has 2 heterocycles. The van der Waals surface area contributed by atoms with Crippen LogP contribution in [0.4, 0.5) is 10.5 Å². The fraction of sp³-hybridized carbons (Fsp3) is 0.467. The summed E-state index contributed by atoms with van der Waals surface area (Å²) in [5, 5.41) is 2.81. The molecule has 22 heavy (non-hydrogen) atoms. The van der Waals surface area contributed by atoms with E-state index in [9.17, 15) is 9.59 Å². The lowest BCUT2D eigenvalue weighted by atomic mass is 10.2. The van der Waals surface area contributed by atoms with Gasteiger partial charge in [-0.2, -0.15) is 0 Å². The van der Waals surface area contributed by atoms with Gasteiger partial charge in [-0.25, -0.2) is 4.79 Å². The average Bonchev–Trinajstić information content (AvgIpc) is 2.84. The van der Waals surface area contributed by atoms with E-state index in [0.29, 0.717) is 49.8 Å². The molecule has 0 saturated carbocycles. The van der Waals surface area contributed by atoms with E-state index in [1.807, 2.05) is 0 Å². The van der Waals surface area contributed by atoms with E-state index in [4.69, 9.17) is 14.2 Å². The predicted molar refractivity (Wildman–Crippen MR) is 78.2 cm³/mol. The summed E-state index contributed by atoms with van der Waals surface area (Å²) >= 11 is 0. The molecule has 2 amide bonds. The molecule has 0 bridgehead atoms. The second-order valence-electron chi connectivity index (χ2n) is 5.33. The fourth-order valence-corrected chi connectivity index (χ4v) is 2.44. The molecule has 0 aromatic heterocycles. The maximum Gasteiger partial charge on any atom is 0.409 e. The van der Waals surface area contributed by atoms with Crippen LogP contribution in [0.25, 0.3) is 0 Å². The number of carbonyl (C=O) groups excluding carboxylic acids is 2. The summed E-state index contributed by atoms with van der Waals surface area (Å²) in [7, 11) is 1.68. The molecule has 118 valence electrons. The highest BCUT2D eigenvalue weighted by atomic mass is 16.6. The standard InChI is InChI=1S/C15H18N2O5/c1-17-9-11(22-15(17)19)3-5-14(18)16-10-2-4-12-13(8-10)21-7-6-20-12/h2,4,8,11H,3,5-7,9H2,1H3,(H,16,18). The van der Waals surface area contributed by atoms with Crippen molar-refractivity contribution in [3.05, 3.63) is 18.2 Å². The minimum atomic E-state index is -0.336. The number of fused-ring (bicyclic) bond motifs is 1. The first-order valence-electron chi connectivity index (χ1n) is 7.23. The molecule has 1 unspecified atom stereocenters. The first kappa shape index (κ1) is 14.5. The molecule has 1 aromatic rings. The second kappa shape index (κ2) is 6.13. The van der Waals surface area contributed by atoms with Crippen molar-refractivity contribution in [1.29, 1.82) is 0 Å². The second-order valence-corrected chi connectivity index (χ2v) is 5.33. The Hall–Kier alpha value is -2.44. The van der Waals surface area contributed by atoms with E-state index in [1.54, 1.807) is 25.2 Å². The Balaban J connectivity index is 1.50. The quantitative estimate of drug-likeness (QED) is 0.915. The molecule has 7 heteroatoms. The number of anilines is 1. The zero-order chi connectivity index (χ0) is 15.5. The summed E-state index contributed by atoms with van der Waals surface area (Å²) in [6.07, 6.45) is 0.243. The number of amides is 2. The Bertz CT molecular complexity index is 589. The molecular formula is C15H18N2O5. The van der Waals surface area contributed by atoms with Crippen LogP contribution in [0, 0.1) is 0 Å². The Morgan fingerprint density at radius 1 is 1.32 bits per heavy atom. The van der Waals surface area contributed by atoms with Crippen LogP contribution in [0.2, 0.25) is 0 Å². The van der Waals surface area contributed by atoms with Gasteiger partial charge in [0.1, 0.15) is 19.3 Å². The number of cyclic esters (lactones) is 1. The molecule has 1 aromatic carbocycles. The normalized spacial score (nSPS) is 19.8. The largest absolute Gasteiger partial charge is 0.486 e. The molecule has 0 aliphatic carbocycles. The summed E-state index contributed by atoms with van der Waals surface area (Å²) in [5.41, 5.74) is 0.662. The van der Waals surface area contributed by atoms with Gasteiger partial charge in [-0.1, -0.05) is 0 Å². The van der Waals surface area contributed by atoms with Crippen molar-refractivity contribution in [1.82, 2.24) is 4.90 Å². The zero-order valence-electron chi connectivity index (χ0n) is 12.3. The minimum absolute atomic E-state index is 0.123. The van der Waals surface area contributed by atoms with Crippen molar-refractivity contribution in [2.75, 3.05) is 32.1 Å². The van der Waals surface area contributed by atoms with Crippen LogP contribution < -0.4 is 14.8 Å². The highest BCUT2D eigenvalue weighted by Crippen LogP contribution is 2.32. The van der Waals surface area contributed by atoms with Gasteiger partial charge in [0.05, 0.1) is 6.54 Å². The van der Waals surface area contributed by atoms with Crippen molar-refractivity contribution < 1.29 is 23.8 Å². The lowest BCUT2D eigenvalue weighted by molar-refractivity contribution is -0.116. The third kappa shape index (κ3) is 3.24. The van der Waals surface area contributed by atoms with Crippen molar-refractivity contribution in [3.63, 3.8) is 0 Å². The van der Waals surface area contributed by atoms with Crippen LogP contribution >= 0.6 is 0 Å². The number of rotatable bonds is 4. The van der Waals surface area contributed by atoms with Gasteiger partial charge in [0.15, 0.2) is 11.5 Å². The predicted octanol–water partition coefficient (Wildman–Crippen LogP) is 1.63. The number of nitrogens with one attached hydrogen (secondary N) is 1. The van der Waals surface area contributed by atoms with E-state index in [0.717, 1.165) is 0 Å². The molecule has 2 aliphatic rings. The number of hydrogen-bond acceptors (Lipinski definition) is 5. The van der Waals surface area contributed by atoms with E-state index in [1.165, 1.54) is 4.90 Å². The maximum absolute atomic E-state index is 12.0. The Kier molecular flexibility index (Phi) is 4.04. The van der Waals surface area contributed by atoms with Gasteiger partial charge in [-0.15, -0.1) is 0 Å². The first-order valence-corrected chi connectivity index (χ1v) is 7.23. The molecule has 1 saturated heterocycles. The van der Waals surface area contributed by atoms with E-state index >= 15 is 0 Å². The summed E-state index contributed by atoms with van der Waals surface area (Å²) in [4.78, 5) is 24.7. The van der Waals surface area contributed by atoms with Gasteiger partial charge in [0, 0.05) is 25.2 Å². The first-order chi connectivity index (χ1) is 10.6. The van der Waals surface area contributed by atoms with E-state index in [-0.39, 0.29) is 18.1 Å². The van der Waals surface area contributed by atoms with Crippen LogP contribution in [-0.2, 0) is 9.53 Å².